The molecule has 3 nitrogen and oxygen atoms in total. The van der Waals surface area contributed by atoms with E-state index in [0.717, 1.165) is 12.0 Å². The first-order valence-corrected chi connectivity index (χ1v) is 7.64. The van der Waals surface area contributed by atoms with E-state index in [1.165, 1.54) is 37.4 Å². The quantitative estimate of drug-likeness (QED) is 0.569. The number of unbranched alkanes of at least 4 members (excludes halogenated alkanes) is 3. The Labute approximate surface area is 130 Å². The summed E-state index contributed by atoms with van der Waals surface area (Å²) in [6.07, 6.45) is 7.64. The lowest BCUT2D eigenvalue weighted by molar-refractivity contribution is 0.667. The highest BCUT2D eigenvalue weighted by atomic mass is 35.5. The topological polar surface area (TPSA) is 49.6 Å². The second-order valence-electron chi connectivity index (χ2n) is 5.02. The van der Waals surface area contributed by atoms with Gasteiger partial charge >= 0.3 is 0 Å². The molecule has 0 unspecified atom stereocenters. The Morgan fingerprint density at radius 1 is 1.14 bits per heavy atom. The first-order valence-electron chi connectivity index (χ1n) is 7.26. The number of nitrogens with zero attached hydrogens (tertiary/aromatic N) is 3. The molecule has 0 N–H and O–H groups in total. The maximum Gasteiger partial charge on any atom is 0.160 e. The number of rotatable bonds is 6. The van der Waals surface area contributed by atoms with Crippen molar-refractivity contribution in [2.45, 2.75) is 39.0 Å². The molecule has 21 heavy (non-hydrogen) atoms. The fourth-order valence-corrected chi connectivity index (χ4v) is 2.32. The molecule has 2 aromatic rings. The first-order chi connectivity index (χ1) is 10.2. The second kappa shape index (κ2) is 7.75. The standard InChI is InChI=1S/C17H18ClN3/c1-2-3-4-5-6-13-7-9-14(10-8-13)17-20-12-15(11-19)16(18)21-17/h7-10,12H,2-6H2,1H3. The van der Waals surface area contributed by atoms with Gasteiger partial charge < -0.3 is 0 Å². The average Bonchev–Trinajstić information content (AvgIpc) is 2.52. The molecule has 1 aromatic carbocycles. The van der Waals surface area contributed by atoms with Crippen LogP contribution in [0.5, 0.6) is 0 Å². The molecule has 2 rings (SSSR count). The van der Waals surface area contributed by atoms with Crippen LogP contribution in [0.15, 0.2) is 30.5 Å². The lowest BCUT2D eigenvalue weighted by Crippen LogP contribution is -1.93. The van der Waals surface area contributed by atoms with E-state index in [-0.39, 0.29) is 5.15 Å². The van der Waals surface area contributed by atoms with Crippen molar-refractivity contribution in [3.63, 3.8) is 0 Å². The van der Waals surface area contributed by atoms with Gasteiger partial charge in [0.25, 0.3) is 0 Å². The molecule has 0 saturated heterocycles. The van der Waals surface area contributed by atoms with Crippen LogP contribution in [0.4, 0.5) is 0 Å². The van der Waals surface area contributed by atoms with E-state index in [1.807, 2.05) is 18.2 Å². The van der Waals surface area contributed by atoms with Gasteiger partial charge in [-0.15, -0.1) is 0 Å². The van der Waals surface area contributed by atoms with Crippen molar-refractivity contribution in [1.29, 1.82) is 5.26 Å². The minimum atomic E-state index is 0.200. The summed E-state index contributed by atoms with van der Waals surface area (Å²) >= 11 is 5.94. The number of hydrogen-bond acceptors (Lipinski definition) is 3. The fraction of sp³-hybridized carbons (Fsp3) is 0.353. The summed E-state index contributed by atoms with van der Waals surface area (Å²) in [4.78, 5) is 8.34. The zero-order valence-electron chi connectivity index (χ0n) is 12.1. The third-order valence-corrected chi connectivity index (χ3v) is 3.68. The molecule has 0 spiro atoms. The number of aryl methyl sites for hydroxylation is 1. The molecule has 0 atom stereocenters. The van der Waals surface area contributed by atoms with Crippen LogP contribution in [0.25, 0.3) is 11.4 Å². The van der Waals surface area contributed by atoms with Crippen LogP contribution in [0.2, 0.25) is 5.15 Å². The van der Waals surface area contributed by atoms with Crippen LogP contribution < -0.4 is 0 Å². The van der Waals surface area contributed by atoms with Gasteiger partial charge in [0, 0.05) is 5.56 Å². The predicted molar refractivity (Wildman–Crippen MR) is 85.0 cm³/mol. The summed E-state index contributed by atoms with van der Waals surface area (Å²) in [6.45, 7) is 2.22. The zero-order valence-corrected chi connectivity index (χ0v) is 12.9. The second-order valence-corrected chi connectivity index (χ2v) is 5.38. The first kappa shape index (κ1) is 15.5. The van der Waals surface area contributed by atoms with Gasteiger partial charge in [-0.05, 0) is 18.4 Å². The largest absolute Gasteiger partial charge is 0.235 e. The maximum absolute atomic E-state index is 8.82. The van der Waals surface area contributed by atoms with Crippen LogP contribution in [-0.4, -0.2) is 9.97 Å². The summed E-state index contributed by atoms with van der Waals surface area (Å²) in [5.74, 6) is 0.552. The van der Waals surface area contributed by atoms with Gasteiger partial charge in [0.15, 0.2) is 11.0 Å². The van der Waals surface area contributed by atoms with E-state index in [1.54, 1.807) is 0 Å². The maximum atomic E-state index is 8.82. The molecule has 0 aliphatic heterocycles. The van der Waals surface area contributed by atoms with Crippen molar-refractivity contribution in [3.05, 3.63) is 46.7 Å². The van der Waals surface area contributed by atoms with E-state index in [0.29, 0.717) is 11.4 Å². The summed E-state index contributed by atoms with van der Waals surface area (Å²) < 4.78 is 0. The van der Waals surface area contributed by atoms with E-state index in [4.69, 9.17) is 16.9 Å². The molecule has 0 amide bonds. The molecule has 0 saturated carbocycles. The van der Waals surface area contributed by atoms with Crippen LogP contribution >= 0.6 is 11.6 Å². The Bertz CT molecular complexity index is 629. The fourth-order valence-electron chi connectivity index (χ4n) is 2.15. The van der Waals surface area contributed by atoms with E-state index in [2.05, 4.69) is 29.0 Å². The van der Waals surface area contributed by atoms with Crippen LogP contribution in [0.1, 0.15) is 43.7 Å². The third kappa shape index (κ3) is 4.27. The Morgan fingerprint density at radius 2 is 1.90 bits per heavy atom. The predicted octanol–water partition coefficient (Wildman–Crippen LogP) is 4.79. The molecule has 108 valence electrons. The van der Waals surface area contributed by atoms with E-state index >= 15 is 0 Å². The van der Waals surface area contributed by atoms with Crippen molar-refractivity contribution < 1.29 is 0 Å². The summed E-state index contributed by atoms with van der Waals surface area (Å²) in [5.41, 5.74) is 2.54. The molecule has 0 aliphatic rings. The minimum Gasteiger partial charge on any atom is -0.235 e. The van der Waals surface area contributed by atoms with Gasteiger partial charge in [0.2, 0.25) is 0 Å². The SMILES string of the molecule is CCCCCCc1ccc(-c2ncc(C#N)c(Cl)n2)cc1. The Balaban J connectivity index is 2.05. The number of nitriles is 1. The third-order valence-electron chi connectivity index (χ3n) is 3.39. The van der Waals surface area contributed by atoms with Crippen LogP contribution in [0, 0.1) is 11.3 Å². The number of benzene rings is 1. The molecule has 0 radical (unpaired) electrons. The van der Waals surface area contributed by atoms with Gasteiger partial charge in [-0.2, -0.15) is 5.26 Å². The zero-order chi connectivity index (χ0) is 15.1. The molecule has 1 aromatic heterocycles. The molecule has 0 aliphatic carbocycles. The minimum absolute atomic E-state index is 0.200. The Morgan fingerprint density at radius 3 is 2.52 bits per heavy atom. The van der Waals surface area contributed by atoms with Gasteiger partial charge in [0.05, 0.1) is 6.20 Å². The summed E-state index contributed by atoms with van der Waals surface area (Å²) in [6, 6.07) is 10.2. The lowest BCUT2D eigenvalue weighted by atomic mass is 10.0. The average molecular weight is 300 g/mol. The monoisotopic (exact) mass is 299 g/mol. The molecular weight excluding hydrogens is 282 g/mol. The van der Waals surface area contributed by atoms with Crippen molar-refractivity contribution in [2.24, 2.45) is 0 Å². The highest BCUT2D eigenvalue weighted by Gasteiger charge is 2.06. The Kier molecular flexibility index (Phi) is 5.71. The van der Waals surface area contributed by atoms with Crippen LogP contribution in [0.3, 0.4) is 0 Å². The molecule has 0 fully saturated rings. The van der Waals surface area contributed by atoms with Crippen molar-refractivity contribution >= 4 is 11.6 Å². The molecule has 0 bridgehead atoms. The lowest BCUT2D eigenvalue weighted by Gasteiger charge is -2.04. The van der Waals surface area contributed by atoms with E-state index in [9.17, 15) is 0 Å². The summed E-state index contributed by atoms with van der Waals surface area (Å²) in [7, 11) is 0. The van der Waals surface area contributed by atoms with Gasteiger partial charge in [-0.1, -0.05) is 62.1 Å². The summed E-state index contributed by atoms with van der Waals surface area (Å²) in [5, 5.41) is 9.02. The smallest absolute Gasteiger partial charge is 0.160 e. The van der Waals surface area contributed by atoms with Crippen molar-refractivity contribution in [1.82, 2.24) is 9.97 Å². The van der Waals surface area contributed by atoms with E-state index < -0.39 is 0 Å². The highest BCUT2D eigenvalue weighted by Crippen LogP contribution is 2.20. The Hall–Kier alpha value is -1.92. The van der Waals surface area contributed by atoms with Crippen LogP contribution in [-0.2, 0) is 6.42 Å². The highest BCUT2D eigenvalue weighted by molar-refractivity contribution is 6.30. The molecule has 1 heterocycles. The van der Waals surface area contributed by atoms with Gasteiger partial charge in [-0.25, -0.2) is 9.97 Å². The van der Waals surface area contributed by atoms with Crippen molar-refractivity contribution in [3.8, 4) is 17.5 Å². The van der Waals surface area contributed by atoms with Gasteiger partial charge in [0.1, 0.15) is 11.6 Å². The molecule has 4 heteroatoms. The molecular formula is C17H18ClN3. The number of aromatic nitrogens is 2. The van der Waals surface area contributed by atoms with Gasteiger partial charge in [-0.3, -0.25) is 0 Å². The number of halogens is 1. The number of hydrogen-bond donors (Lipinski definition) is 0. The van der Waals surface area contributed by atoms with Crippen molar-refractivity contribution in [2.75, 3.05) is 0 Å². The normalized spacial score (nSPS) is 10.3.